The second-order valence-electron chi connectivity index (χ2n) is 6.65. The molecule has 1 aliphatic carbocycles. The Kier molecular flexibility index (Phi) is 6.77. The molecule has 1 aliphatic rings. The first-order valence-electron chi connectivity index (χ1n) is 8.85. The molecule has 0 aromatic heterocycles. The fraction of sp³-hybridized carbons (Fsp3) is 0.474. The number of aliphatic hydroxyl groups is 1. The number of hydrogen-bond donors (Lipinski definition) is 2. The number of nitrogens with one attached hydrogen (secondary N) is 1. The van der Waals surface area contributed by atoms with Crippen LogP contribution in [0.2, 0.25) is 0 Å². The van der Waals surface area contributed by atoms with E-state index in [9.17, 15) is 13.5 Å². The van der Waals surface area contributed by atoms with Crippen molar-refractivity contribution in [1.82, 2.24) is 0 Å². The quantitative estimate of drug-likeness (QED) is 0.613. The SMILES string of the molecule is CCN(CC)c1c(C)cc(C)c(NS(=O)(=O)C2=C(O)C(Cl)CC(Cl)=C2)c1C. The summed E-state index contributed by atoms with van der Waals surface area (Å²) in [7, 11) is -4.05. The molecule has 0 heterocycles. The van der Waals surface area contributed by atoms with Gasteiger partial charge in [0, 0.05) is 30.2 Å². The largest absolute Gasteiger partial charge is 0.509 e. The van der Waals surface area contributed by atoms with Crippen molar-refractivity contribution < 1.29 is 13.5 Å². The molecule has 1 aromatic rings. The highest BCUT2D eigenvalue weighted by Crippen LogP contribution is 2.37. The van der Waals surface area contributed by atoms with E-state index in [0.717, 1.165) is 35.5 Å². The monoisotopic (exact) mass is 432 g/mol. The van der Waals surface area contributed by atoms with E-state index in [-0.39, 0.29) is 22.1 Å². The zero-order valence-electron chi connectivity index (χ0n) is 16.2. The lowest BCUT2D eigenvalue weighted by atomic mass is 10.0. The van der Waals surface area contributed by atoms with Crippen molar-refractivity contribution in [2.75, 3.05) is 22.7 Å². The number of aliphatic hydroxyl groups excluding tert-OH is 1. The lowest BCUT2D eigenvalue weighted by Crippen LogP contribution is -2.25. The Bertz CT molecular complexity index is 904. The maximum Gasteiger partial charge on any atom is 0.265 e. The summed E-state index contributed by atoms with van der Waals surface area (Å²) >= 11 is 12.0. The van der Waals surface area contributed by atoms with Crippen molar-refractivity contribution in [2.24, 2.45) is 0 Å². The van der Waals surface area contributed by atoms with Crippen LogP contribution >= 0.6 is 23.2 Å². The standard InChI is InChI=1S/C19H26Cl2N2O3S/c1-6-23(7-2)18-12(4)8-11(3)17(13(18)5)22-27(25,26)16-10-14(20)9-15(21)19(16)24/h8,10,15,22,24H,6-7,9H2,1-5H3. The van der Waals surface area contributed by atoms with Crippen LogP contribution in [-0.2, 0) is 10.0 Å². The van der Waals surface area contributed by atoms with Crippen molar-refractivity contribution in [1.29, 1.82) is 0 Å². The fourth-order valence-corrected chi connectivity index (χ4v) is 5.62. The van der Waals surface area contributed by atoms with E-state index in [0.29, 0.717) is 5.69 Å². The average molecular weight is 433 g/mol. The van der Waals surface area contributed by atoms with Crippen LogP contribution in [0.5, 0.6) is 0 Å². The van der Waals surface area contributed by atoms with E-state index >= 15 is 0 Å². The molecule has 0 radical (unpaired) electrons. The Balaban J connectivity index is 2.57. The van der Waals surface area contributed by atoms with Crippen LogP contribution in [0.4, 0.5) is 11.4 Å². The van der Waals surface area contributed by atoms with Gasteiger partial charge in [-0.3, -0.25) is 4.72 Å². The maximum absolute atomic E-state index is 13.0. The van der Waals surface area contributed by atoms with Crippen LogP contribution in [0.3, 0.4) is 0 Å². The van der Waals surface area contributed by atoms with Crippen molar-refractivity contribution >= 4 is 44.6 Å². The molecule has 5 nitrogen and oxygen atoms in total. The molecule has 2 rings (SSSR count). The summed E-state index contributed by atoms with van der Waals surface area (Å²) in [5.74, 6) is -0.389. The number of anilines is 2. The minimum atomic E-state index is -4.05. The molecule has 0 spiro atoms. The predicted molar refractivity (Wildman–Crippen MR) is 115 cm³/mol. The van der Waals surface area contributed by atoms with E-state index in [4.69, 9.17) is 23.2 Å². The van der Waals surface area contributed by atoms with E-state index < -0.39 is 15.4 Å². The molecule has 8 heteroatoms. The number of allylic oxidation sites excluding steroid dienone is 3. The number of sulfonamides is 1. The van der Waals surface area contributed by atoms with Gasteiger partial charge in [0.25, 0.3) is 10.0 Å². The normalized spacial score (nSPS) is 17.7. The zero-order valence-corrected chi connectivity index (χ0v) is 18.6. The van der Waals surface area contributed by atoms with Crippen molar-refractivity contribution in [3.63, 3.8) is 0 Å². The van der Waals surface area contributed by atoms with E-state index in [1.165, 1.54) is 6.08 Å². The zero-order chi connectivity index (χ0) is 20.5. The predicted octanol–water partition coefficient (Wildman–Crippen LogP) is 5.10. The fourth-order valence-electron chi connectivity index (χ4n) is 3.46. The van der Waals surface area contributed by atoms with Gasteiger partial charge in [-0.1, -0.05) is 17.7 Å². The van der Waals surface area contributed by atoms with Gasteiger partial charge in [-0.2, -0.15) is 0 Å². The average Bonchev–Trinajstić information content (AvgIpc) is 2.58. The Morgan fingerprint density at radius 3 is 2.37 bits per heavy atom. The summed E-state index contributed by atoms with van der Waals surface area (Å²) in [5.41, 5.74) is 4.24. The molecule has 1 aromatic carbocycles. The van der Waals surface area contributed by atoms with Gasteiger partial charge in [-0.25, -0.2) is 8.42 Å². The molecule has 0 bridgehead atoms. The highest BCUT2D eigenvalue weighted by atomic mass is 35.5. The van der Waals surface area contributed by atoms with Gasteiger partial charge in [0.15, 0.2) is 0 Å². The summed E-state index contributed by atoms with van der Waals surface area (Å²) in [6, 6.07) is 1.96. The van der Waals surface area contributed by atoms with Gasteiger partial charge in [0.1, 0.15) is 10.7 Å². The van der Waals surface area contributed by atoms with E-state index in [1.807, 2.05) is 26.8 Å². The smallest absolute Gasteiger partial charge is 0.265 e. The maximum atomic E-state index is 13.0. The Labute approximate surface area is 171 Å². The topological polar surface area (TPSA) is 69.6 Å². The molecule has 0 amide bonds. The lowest BCUT2D eigenvalue weighted by Gasteiger charge is -2.28. The van der Waals surface area contributed by atoms with Crippen LogP contribution in [0.25, 0.3) is 0 Å². The van der Waals surface area contributed by atoms with E-state index in [2.05, 4.69) is 23.5 Å². The molecule has 0 aliphatic heterocycles. The molecule has 27 heavy (non-hydrogen) atoms. The Hall–Kier alpha value is -1.37. The molecule has 1 atom stereocenters. The number of halogens is 2. The third-order valence-electron chi connectivity index (χ3n) is 4.75. The first-order chi connectivity index (χ1) is 12.5. The van der Waals surface area contributed by atoms with Crippen LogP contribution in [0.1, 0.15) is 37.0 Å². The first-order valence-corrected chi connectivity index (χ1v) is 11.1. The lowest BCUT2D eigenvalue weighted by molar-refractivity contribution is 0.387. The van der Waals surface area contributed by atoms with Gasteiger partial charge < -0.3 is 10.0 Å². The minimum absolute atomic E-state index is 0.197. The molecule has 2 N–H and O–H groups in total. The van der Waals surface area contributed by atoms with Crippen LogP contribution in [0.15, 0.2) is 27.8 Å². The number of hydrogen-bond acceptors (Lipinski definition) is 4. The summed E-state index contributed by atoms with van der Waals surface area (Å²) in [4.78, 5) is 1.90. The Morgan fingerprint density at radius 2 is 1.81 bits per heavy atom. The van der Waals surface area contributed by atoms with Crippen LogP contribution < -0.4 is 9.62 Å². The number of rotatable bonds is 6. The first kappa shape index (κ1) is 21.9. The molecular formula is C19H26Cl2N2O3S. The van der Waals surface area contributed by atoms with Gasteiger partial charge in [0.2, 0.25) is 0 Å². The van der Waals surface area contributed by atoms with Gasteiger partial charge in [-0.05, 0) is 57.4 Å². The number of nitrogens with zero attached hydrogens (tertiary/aromatic N) is 1. The second-order valence-corrected chi connectivity index (χ2v) is 9.31. The molecule has 150 valence electrons. The molecule has 1 unspecified atom stereocenters. The highest BCUT2D eigenvalue weighted by molar-refractivity contribution is 7.96. The molecule has 0 fully saturated rings. The van der Waals surface area contributed by atoms with Crippen LogP contribution in [0, 0.1) is 20.8 Å². The summed E-state index contributed by atoms with van der Waals surface area (Å²) < 4.78 is 28.6. The van der Waals surface area contributed by atoms with Crippen molar-refractivity contribution in [3.05, 3.63) is 44.5 Å². The third kappa shape index (κ3) is 4.39. The Morgan fingerprint density at radius 1 is 1.22 bits per heavy atom. The molecule has 0 saturated carbocycles. The van der Waals surface area contributed by atoms with Gasteiger partial charge in [0.05, 0.1) is 11.1 Å². The molecule has 0 saturated heterocycles. The van der Waals surface area contributed by atoms with E-state index in [1.54, 1.807) is 0 Å². The number of benzene rings is 1. The second kappa shape index (κ2) is 8.33. The number of alkyl halides is 1. The minimum Gasteiger partial charge on any atom is -0.509 e. The molecular weight excluding hydrogens is 407 g/mol. The number of aryl methyl sites for hydroxylation is 2. The van der Waals surface area contributed by atoms with Crippen molar-refractivity contribution in [2.45, 2.75) is 46.4 Å². The summed E-state index contributed by atoms with van der Waals surface area (Å²) in [6.07, 6.45) is 1.45. The van der Waals surface area contributed by atoms with Gasteiger partial charge in [-0.15, -0.1) is 11.6 Å². The third-order valence-corrected chi connectivity index (χ3v) is 6.75. The van der Waals surface area contributed by atoms with Crippen molar-refractivity contribution in [3.8, 4) is 0 Å². The highest BCUT2D eigenvalue weighted by Gasteiger charge is 2.30. The van der Waals surface area contributed by atoms with Gasteiger partial charge >= 0.3 is 0 Å². The summed E-state index contributed by atoms with van der Waals surface area (Å²) in [6.45, 7) is 11.5. The van der Waals surface area contributed by atoms with Crippen LogP contribution in [-0.4, -0.2) is 32.0 Å². The summed E-state index contributed by atoms with van der Waals surface area (Å²) in [5, 5.41) is 9.61.